The second kappa shape index (κ2) is 18.8. The highest BCUT2D eigenvalue weighted by Crippen LogP contribution is 2.05. The first kappa shape index (κ1) is 27.2. The van der Waals surface area contributed by atoms with Gasteiger partial charge in [-0.2, -0.15) is 4.39 Å². The zero-order valence-electron chi connectivity index (χ0n) is 14.9. The van der Waals surface area contributed by atoms with Crippen LogP contribution in [0.1, 0.15) is 13.8 Å². The average Bonchev–Trinajstić information content (AvgIpc) is 2.69. The van der Waals surface area contributed by atoms with Crippen molar-refractivity contribution >= 4 is 24.0 Å². The van der Waals surface area contributed by atoms with Crippen molar-refractivity contribution in [1.82, 2.24) is 19.9 Å². The maximum absolute atomic E-state index is 12.1. The number of hydrogen-bond donors (Lipinski definition) is 1. The largest absolute Gasteiger partial charge is 0.468 e. The van der Waals surface area contributed by atoms with Crippen LogP contribution in [0.4, 0.5) is 13.2 Å². The number of aromatic amines is 1. The molecule has 13 heteroatoms. The molecule has 0 aromatic carbocycles. The summed E-state index contributed by atoms with van der Waals surface area (Å²) in [6, 6.07) is 0. The Bertz CT molecular complexity index is 716. The van der Waals surface area contributed by atoms with Crippen LogP contribution in [0.5, 0.6) is 0 Å². The molecule has 2 rings (SSSR count). The molecule has 2 heterocycles. The molecule has 2 aromatic rings. The van der Waals surface area contributed by atoms with E-state index in [1.54, 1.807) is 13.8 Å². The van der Waals surface area contributed by atoms with Gasteiger partial charge >= 0.3 is 5.97 Å². The fraction of sp³-hybridized carbons (Fsp3) is 0.333. The third-order valence-corrected chi connectivity index (χ3v) is 2.22. The van der Waals surface area contributed by atoms with E-state index in [4.69, 9.17) is 11.6 Å². The monoisotopic (exact) mass is 426 g/mol. The van der Waals surface area contributed by atoms with Gasteiger partial charge in [-0.15, -0.1) is 0 Å². The van der Waals surface area contributed by atoms with Crippen LogP contribution in [0, 0.1) is 11.6 Å². The van der Waals surface area contributed by atoms with Crippen LogP contribution in [0.15, 0.2) is 29.8 Å². The molecule has 0 bridgehead atoms. The number of carbonyl (C=O) groups is 2. The minimum absolute atomic E-state index is 0.139. The predicted molar refractivity (Wildman–Crippen MR) is 92.1 cm³/mol. The molecule has 0 unspecified atom stereocenters. The molecule has 1 N–H and O–H groups in total. The third kappa shape index (κ3) is 16.4. The van der Waals surface area contributed by atoms with Gasteiger partial charge in [-0.1, -0.05) is 11.6 Å². The van der Waals surface area contributed by atoms with Crippen LogP contribution < -0.4 is 5.56 Å². The van der Waals surface area contributed by atoms with Crippen LogP contribution in [0.3, 0.4) is 0 Å². The standard InChI is InChI=1S/C4H2ClFN2.C4H3FN2O.C4H7FO2.C3H6O2/c5-4-3(6)1-7-2-8-4;5-3-1-6-2-7-4(3)8;1-2-7-4(6)3-5;1-2-5-3-4/h1-2H;1-2H,(H,6,7,8);2-3H2,1H3;3H,2H2,1H3. The molecule has 0 spiro atoms. The summed E-state index contributed by atoms with van der Waals surface area (Å²) >= 11 is 5.18. The lowest BCUT2D eigenvalue weighted by atomic mass is 10.6. The van der Waals surface area contributed by atoms with E-state index >= 15 is 0 Å². The summed E-state index contributed by atoms with van der Waals surface area (Å²) in [5.41, 5.74) is -0.736. The predicted octanol–water partition coefficient (Wildman–Crippen LogP) is 1.88. The number of esters is 1. The van der Waals surface area contributed by atoms with E-state index in [2.05, 4.69) is 29.4 Å². The lowest BCUT2D eigenvalue weighted by molar-refractivity contribution is -0.144. The number of hydrogen-bond acceptors (Lipinski definition) is 8. The Labute approximate surface area is 162 Å². The van der Waals surface area contributed by atoms with E-state index in [9.17, 15) is 27.6 Å². The summed E-state index contributed by atoms with van der Waals surface area (Å²) in [6.07, 6.45) is 4.19. The molecule has 2 aromatic heterocycles. The van der Waals surface area contributed by atoms with Crippen LogP contribution in [0.25, 0.3) is 0 Å². The number of alkyl halides is 1. The van der Waals surface area contributed by atoms with Crippen molar-refractivity contribution < 1.29 is 32.2 Å². The summed E-state index contributed by atoms with van der Waals surface area (Å²) in [5, 5.41) is -0.139. The van der Waals surface area contributed by atoms with E-state index in [0.717, 1.165) is 18.7 Å². The Morgan fingerprint density at radius 3 is 2.11 bits per heavy atom. The molecule has 0 radical (unpaired) electrons. The number of halogens is 4. The maximum Gasteiger partial charge on any atom is 0.337 e. The molecule has 0 amide bonds. The van der Waals surface area contributed by atoms with Crippen LogP contribution in [-0.2, 0) is 19.1 Å². The zero-order chi connectivity index (χ0) is 21.8. The van der Waals surface area contributed by atoms with Crippen molar-refractivity contribution in [3.05, 3.63) is 52.2 Å². The van der Waals surface area contributed by atoms with Gasteiger partial charge in [0.15, 0.2) is 17.6 Å². The molecule has 0 aliphatic heterocycles. The second-order valence-corrected chi connectivity index (χ2v) is 4.24. The van der Waals surface area contributed by atoms with Crippen molar-refractivity contribution in [2.24, 2.45) is 0 Å². The van der Waals surface area contributed by atoms with Crippen molar-refractivity contribution in [2.45, 2.75) is 13.8 Å². The molecule has 0 aliphatic carbocycles. The fourth-order valence-corrected chi connectivity index (χ4v) is 0.984. The van der Waals surface area contributed by atoms with E-state index in [1.807, 2.05) is 0 Å². The molecular weight excluding hydrogens is 409 g/mol. The van der Waals surface area contributed by atoms with Crippen molar-refractivity contribution in [2.75, 3.05) is 19.9 Å². The second-order valence-electron chi connectivity index (χ2n) is 3.88. The molecule has 156 valence electrons. The third-order valence-electron chi connectivity index (χ3n) is 1.95. The molecule has 0 fully saturated rings. The first-order valence-corrected chi connectivity index (χ1v) is 7.77. The quantitative estimate of drug-likeness (QED) is 0.446. The van der Waals surface area contributed by atoms with Gasteiger partial charge < -0.3 is 14.5 Å². The molecule has 0 atom stereocenters. The maximum atomic E-state index is 12.1. The Morgan fingerprint density at radius 2 is 1.86 bits per heavy atom. The summed E-state index contributed by atoms with van der Waals surface area (Å²) in [4.78, 5) is 41.3. The van der Waals surface area contributed by atoms with Crippen molar-refractivity contribution in [3.8, 4) is 0 Å². The number of ether oxygens (including phenoxy) is 2. The summed E-state index contributed by atoms with van der Waals surface area (Å²) in [6.45, 7) is 3.53. The first-order chi connectivity index (χ1) is 13.3. The molecular formula is C15H18ClF3N4O5. The smallest absolute Gasteiger partial charge is 0.337 e. The van der Waals surface area contributed by atoms with Crippen LogP contribution >= 0.6 is 11.6 Å². The topological polar surface area (TPSA) is 124 Å². The van der Waals surface area contributed by atoms with Gasteiger partial charge in [0.05, 0.1) is 31.9 Å². The lowest BCUT2D eigenvalue weighted by Gasteiger charge is -1.92. The SMILES string of the molecule is CCOC(=O)CF.CCOC=O.Fc1cncnc1Cl.O=c1[nH]cncc1F. The Balaban J connectivity index is 0. The lowest BCUT2D eigenvalue weighted by Crippen LogP contribution is -2.08. The highest BCUT2D eigenvalue weighted by molar-refractivity contribution is 6.29. The van der Waals surface area contributed by atoms with E-state index in [1.165, 1.54) is 6.33 Å². The summed E-state index contributed by atoms with van der Waals surface area (Å²) < 4.78 is 43.4. The average molecular weight is 427 g/mol. The fourth-order valence-electron chi connectivity index (χ4n) is 0.892. The van der Waals surface area contributed by atoms with Gasteiger partial charge in [-0.3, -0.25) is 9.59 Å². The van der Waals surface area contributed by atoms with Gasteiger partial charge in [-0.05, 0) is 13.8 Å². The van der Waals surface area contributed by atoms with Gasteiger partial charge in [0, 0.05) is 0 Å². The number of rotatable bonds is 4. The Morgan fingerprint density at radius 1 is 1.21 bits per heavy atom. The Hall–Kier alpha value is -3.02. The highest BCUT2D eigenvalue weighted by Gasteiger charge is 1.95. The van der Waals surface area contributed by atoms with Gasteiger partial charge in [0.25, 0.3) is 12.0 Å². The van der Waals surface area contributed by atoms with Crippen LogP contribution in [-0.4, -0.2) is 52.3 Å². The highest BCUT2D eigenvalue weighted by atomic mass is 35.5. The van der Waals surface area contributed by atoms with Gasteiger partial charge in [0.1, 0.15) is 6.33 Å². The number of H-pyrrole nitrogens is 1. The molecule has 0 saturated heterocycles. The minimum Gasteiger partial charge on any atom is -0.468 e. The minimum atomic E-state index is -1.02. The first-order valence-electron chi connectivity index (χ1n) is 7.39. The number of carbonyl (C=O) groups excluding carboxylic acids is 2. The van der Waals surface area contributed by atoms with Crippen LogP contribution in [0.2, 0.25) is 5.15 Å². The number of nitrogens with zero attached hydrogens (tertiary/aromatic N) is 3. The molecule has 0 saturated carbocycles. The van der Waals surface area contributed by atoms with E-state index < -0.39 is 29.8 Å². The number of nitrogens with one attached hydrogen (secondary N) is 1. The molecule has 28 heavy (non-hydrogen) atoms. The normalized spacial score (nSPS) is 8.50. The summed E-state index contributed by atoms with van der Waals surface area (Å²) in [7, 11) is 0. The zero-order valence-corrected chi connectivity index (χ0v) is 15.7. The van der Waals surface area contributed by atoms with Gasteiger partial charge in [-0.25, -0.2) is 28.5 Å². The summed E-state index contributed by atoms with van der Waals surface area (Å²) in [5.74, 6) is -2.23. The Kier molecular flexibility index (Phi) is 18.2. The van der Waals surface area contributed by atoms with E-state index in [-0.39, 0.29) is 11.8 Å². The van der Waals surface area contributed by atoms with Crippen molar-refractivity contribution in [3.63, 3.8) is 0 Å². The number of aromatic nitrogens is 4. The molecule has 9 nitrogen and oxygen atoms in total. The molecule has 0 aliphatic rings. The van der Waals surface area contributed by atoms with Crippen molar-refractivity contribution in [1.29, 1.82) is 0 Å². The van der Waals surface area contributed by atoms with Gasteiger partial charge in [0.2, 0.25) is 5.82 Å². The van der Waals surface area contributed by atoms with E-state index in [0.29, 0.717) is 13.1 Å².